The molecule has 2 heterocycles. The fourth-order valence-electron chi connectivity index (χ4n) is 2.87. The second-order valence-corrected chi connectivity index (χ2v) is 6.22. The van der Waals surface area contributed by atoms with Crippen molar-refractivity contribution in [2.24, 2.45) is 0 Å². The number of likely N-dealkylation sites (N-methyl/N-ethyl adjacent to an activating group) is 1. The second kappa shape index (κ2) is 6.73. The summed E-state index contributed by atoms with van der Waals surface area (Å²) in [5, 5.41) is 2.92. The Kier molecular flexibility index (Phi) is 4.71. The zero-order valence-corrected chi connectivity index (χ0v) is 13.6. The van der Waals surface area contributed by atoms with E-state index in [1.165, 1.54) is 11.1 Å². The van der Waals surface area contributed by atoms with Gasteiger partial charge in [0.1, 0.15) is 0 Å². The van der Waals surface area contributed by atoms with E-state index in [0.29, 0.717) is 31.3 Å². The van der Waals surface area contributed by atoms with Gasteiger partial charge in [-0.15, -0.1) is 0 Å². The molecular weight excluding hydrogens is 298 g/mol. The minimum atomic E-state index is -0.204. The molecule has 2 aliphatic rings. The fourth-order valence-corrected chi connectivity index (χ4v) is 3.10. The van der Waals surface area contributed by atoms with Crippen LogP contribution in [0, 0.1) is 0 Å². The first kappa shape index (κ1) is 15.4. The van der Waals surface area contributed by atoms with Crippen LogP contribution in [0.2, 0.25) is 0 Å². The minimum Gasteiger partial charge on any atom is -0.378 e. The summed E-state index contributed by atoms with van der Waals surface area (Å²) in [4.78, 5) is 16.8. The van der Waals surface area contributed by atoms with Crippen molar-refractivity contribution in [2.45, 2.75) is 13.0 Å². The maximum atomic E-state index is 12.3. The Bertz CT molecular complexity index is 585. The van der Waals surface area contributed by atoms with Crippen molar-refractivity contribution >= 4 is 28.8 Å². The van der Waals surface area contributed by atoms with Crippen LogP contribution >= 0.6 is 12.2 Å². The summed E-state index contributed by atoms with van der Waals surface area (Å²) < 4.78 is 5.28. The van der Waals surface area contributed by atoms with Gasteiger partial charge < -0.3 is 19.9 Å². The predicted octanol–water partition coefficient (Wildman–Crippen LogP) is 1.27. The lowest BCUT2D eigenvalue weighted by Crippen LogP contribution is -2.44. The van der Waals surface area contributed by atoms with Crippen LogP contribution in [0.1, 0.15) is 11.1 Å². The summed E-state index contributed by atoms with van der Waals surface area (Å²) in [6.07, 6.45) is 1.02. The van der Waals surface area contributed by atoms with Crippen molar-refractivity contribution in [3.8, 4) is 0 Å². The monoisotopic (exact) mass is 319 g/mol. The molecule has 1 N–H and O–H groups in total. The molecule has 1 saturated heterocycles. The van der Waals surface area contributed by atoms with Crippen LogP contribution in [0.15, 0.2) is 18.2 Å². The van der Waals surface area contributed by atoms with Gasteiger partial charge in [0.15, 0.2) is 4.99 Å². The van der Waals surface area contributed by atoms with Gasteiger partial charge >= 0.3 is 0 Å². The van der Waals surface area contributed by atoms with E-state index in [0.717, 1.165) is 25.2 Å². The van der Waals surface area contributed by atoms with Crippen molar-refractivity contribution in [3.05, 3.63) is 29.3 Å². The number of fused-ring (bicyclic) bond motifs is 1. The number of nitrogens with one attached hydrogen (secondary N) is 1. The second-order valence-electron chi connectivity index (χ2n) is 5.83. The number of hydrogen-bond acceptors (Lipinski definition) is 4. The number of ether oxygens (including phenoxy) is 1. The van der Waals surface area contributed by atoms with Crippen molar-refractivity contribution in [2.75, 3.05) is 45.2 Å². The summed E-state index contributed by atoms with van der Waals surface area (Å²) in [5.41, 5.74) is 3.47. The summed E-state index contributed by atoms with van der Waals surface area (Å²) >= 11 is 5.28. The molecule has 0 unspecified atom stereocenters. The van der Waals surface area contributed by atoms with Crippen LogP contribution in [0.4, 0.5) is 5.69 Å². The molecule has 0 spiro atoms. The van der Waals surface area contributed by atoms with Crippen LogP contribution in [-0.4, -0.2) is 60.6 Å². The number of carbonyl (C=O) groups is 1. The summed E-state index contributed by atoms with van der Waals surface area (Å²) in [5.74, 6) is -0.204. The quantitative estimate of drug-likeness (QED) is 0.790. The van der Waals surface area contributed by atoms with Gasteiger partial charge in [0, 0.05) is 31.9 Å². The average molecular weight is 319 g/mol. The highest BCUT2D eigenvalue weighted by molar-refractivity contribution is 7.82. The first-order valence-corrected chi connectivity index (χ1v) is 8.02. The van der Waals surface area contributed by atoms with Crippen LogP contribution in [0.25, 0.3) is 0 Å². The van der Waals surface area contributed by atoms with E-state index in [9.17, 15) is 4.79 Å². The highest BCUT2D eigenvalue weighted by Gasteiger charge is 2.20. The molecule has 0 radical (unpaired) electrons. The van der Waals surface area contributed by atoms with Crippen LogP contribution in [0.3, 0.4) is 0 Å². The third-order valence-corrected chi connectivity index (χ3v) is 4.60. The summed E-state index contributed by atoms with van der Waals surface area (Å²) in [7, 11) is 2.12. The largest absolute Gasteiger partial charge is 0.378 e. The minimum absolute atomic E-state index is 0.204. The van der Waals surface area contributed by atoms with Gasteiger partial charge in [-0.25, -0.2) is 0 Å². The van der Waals surface area contributed by atoms with Gasteiger partial charge in [-0.1, -0.05) is 18.3 Å². The van der Waals surface area contributed by atoms with Gasteiger partial charge in [-0.05, 0) is 36.7 Å². The Hall–Kier alpha value is -1.50. The summed E-state index contributed by atoms with van der Waals surface area (Å²) in [6.45, 7) is 4.64. The average Bonchev–Trinajstić information content (AvgIpc) is 2.55. The maximum Gasteiger partial charge on any atom is 0.283 e. The van der Waals surface area contributed by atoms with Gasteiger partial charge in [-0.3, -0.25) is 4.79 Å². The van der Waals surface area contributed by atoms with E-state index >= 15 is 0 Å². The molecule has 118 valence electrons. The van der Waals surface area contributed by atoms with Gasteiger partial charge in [0.05, 0.1) is 13.2 Å². The van der Waals surface area contributed by atoms with Crippen molar-refractivity contribution in [1.29, 1.82) is 0 Å². The van der Waals surface area contributed by atoms with E-state index in [1.807, 2.05) is 11.0 Å². The van der Waals surface area contributed by atoms with E-state index in [1.54, 1.807) is 0 Å². The highest BCUT2D eigenvalue weighted by Crippen LogP contribution is 2.22. The number of anilines is 1. The van der Waals surface area contributed by atoms with Crippen molar-refractivity contribution in [3.63, 3.8) is 0 Å². The van der Waals surface area contributed by atoms with Gasteiger partial charge in [0.25, 0.3) is 5.91 Å². The number of rotatable bonds is 1. The number of carbonyl (C=O) groups excluding carboxylic acids is 1. The van der Waals surface area contributed by atoms with Gasteiger partial charge in [-0.2, -0.15) is 0 Å². The molecule has 0 aliphatic carbocycles. The lowest BCUT2D eigenvalue weighted by Gasteiger charge is -2.28. The van der Waals surface area contributed by atoms with Crippen molar-refractivity contribution < 1.29 is 9.53 Å². The van der Waals surface area contributed by atoms with Crippen LogP contribution < -0.4 is 5.32 Å². The molecule has 3 rings (SSSR count). The molecule has 6 heteroatoms. The number of nitrogens with zero attached hydrogens (tertiary/aromatic N) is 2. The Labute approximate surface area is 136 Å². The number of benzene rings is 1. The normalized spacial score (nSPS) is 18.7. The zero-order chi connectivity index (χ0) is 15.5. The smallest absolute Gasteiger partial charge is 0.283 e. The number of hydrogen-bond donors (Lipinski definition) is 1. The highest BCUT2D eigenvalue weighted by atomic mass is 32.1. The molecule has 22 heavy (non-hydrogen) atoms. The predicted molar refractivity (Wildman–Crippen MR) is 90.1 cm³/mol. The third kappa shape index (κ3) is 3.45. The number of amides is 1. The number of morpholine rings is 1. The Morgan fingerprint density at radius 1 is 1.23 bits per heavy atom. The molecule has 2 aliphatic heterocycles. The van der Waals surface area contributed by atoms with Crippen LogP contribution in [0.5, 0.6) is 0 Å². The third-order valence-electron chi connectivity index (χ3n) is 4.16. The van der Waals surface area contributed by atoms with E-state index in [4.69, 9.17) is 17.0 Å². The standard InChI is InChI=1S/C16H21N3O2S/c1-18-5-4-12-10-14(3-2-13(12)11-18)17-15(20)16(22)19-6-8-21-9-7-19/h2-3,10H,4-9,11H2,1H3,(H,17,20). The first-order valence-electron chi connectivity index (χ1n) is 7.62. The first-order chi connectivity index (χ1) is 10.6. The van der Waals surface area contributed by atoms with E-state index in [2.05, 4.69) is 29.4 Å². The molecule has 5 nitrogen and oxygen atoms in total. The van der Waals surface area contributed by atoms with E-state index < -0.39 is 0 Å². The maximum absolute atomic E-state index is 12.3. The lowest BCUT2D eigenvalue weighted by molar-refractivity contribution is -0.111. The SMILES string of the molecule is CN1CCc2cc(NC(=O)C(=S)N3CCOCC3)ccc2C1. The molecule has 0 bridgehead atoms. The Morgan fingerprint density at radius 2 is 2.00 bits per heavy atom. The van der Waals surface area contributed by atoms with Gasteiger partial charge in [0.2, 0.25) is 0 Å². The molecule has 1 aromatic carbocycles. The van der Waals surface area contributed by atoms with Crippen molar-refractivity contribution in [1.82, 2.24) is 9.80 Å². The molecular formula is C16H21N3O2S. The lowest BCUT2D eigenvalue weighted by atomic mass is 9.99. The molecule has 1 aromatic rings. The number of thiocarbonyl (C=S) groups is 1. The van der Waals surface area contributed by atoms with E-state index in [-0.39, 0.29) is 5.91 Å². The summed E-state index contributed by atoms with van der Waals surface area (Å²) in [6, 6.07) is 6.12. The Morgan fingerprint density at radius 3 is 2.77 bits per heavy atom. The molecule has 1 amide bonds. The molecule has 0 saturated carbocycles. The molecule has 0 aromatic heterocycles. The Balaban J connectivity index is 1.65. The topological polar surface area (TPSA) is 44.8 Å². The fraction of sp³-hybridized carbons (Fsp3) is 0.500. The molecule has 0 atom stereocenters. The zero-order valence-electron chi connectivity index (χ0n) is 12.8. The molecule has 1 fully saturated rings. The van der Waals surface area contributed by atoms with Crippen LogP contribution in [-0.2, 0) is 22.5 Å².